The first-order valence-electron chi connectivity index (χ1n) is 7.03. The summed E-state index contributed by atoms with van der Waals surface area (Å²) < 4.78 is 41.5. The van der Waals surface area contributed by atoms with E-state index in [0.29, 0.717) is 5.69 Å². The van der Waals surface area contributed by atoms with Gasteiger partial charge in [-0.1, -0.05) is 0 Å². The normalized spacial score (nSPS) is 12.0. The molecule has 0 aromatic carbocycles. The van der Waals surface area contributed by atoms with Crippen molar-refractivity contribution in [1.29, 1.82) is 0 Å². The summed E-state index contributed by atoms with van der Waals surface area (Å²) in [4.78, 5) is 11.9. The maximum Gasteiger partial charge on any atom is 0.433 e. The van der Waals surface area contributed by atoms with Crippen molar-refractivity contribution in [2.24, 2.45) is 0 Å². The molecular weight excluding hydrogens is 319 g/mol. The summed E-state index contributed by atoms with van der Waals surface area (Å²) in [5.41, 5.74) is 0.394. The molecule has 4 heterocycles. The van der Waals surface area contributed by atoms with E-state index in [-0.39, 0.29) is 5.78 Å². The van der Waals surface area contributed by atoms with Crippen LogP contribution in [0.15, 0.2) is 61.3 Å². The number of pyridine rings is 1. The number of aromatic nitrogens is 5. The van der Waals surface area contributed by atoms with Gasteiger partial charge in [0.25, 0.3) is 0 Å². The lowest BCUT2D eigenvalue weighted by Gasteiger charge is -2.07. The van der Waals surface area contributed by atoms with Crippen molar-refractivity contribution in [3.05, 3.63) is 67.0 Å². The number of rotatable bonds is 2. The van der Waals surface area contributed by atoms with E-state index in [0.717, 1.165) is 17.4 Å². The number of halogens is 3. The Kier molecular flexibility index (Phi) is 3.12. The largest absolute Gasteiger partial charge is 0.433 e. The SMILES string of the molecule is FC(F)(F)c1ccn2c(-c3ccc(-n4cccc4)nc3)cnc2n1. The van der Waals surface area contributed by atoms with Crippen LogP contribution in [0, 0.1) is 0 Å². The zero-order valence-electron chi connectivity index (χ0n) is 12.1. The highest BCUT2D eigenvalue weighted by atomic mass is 19.4. The molecule has 0 aliphatic rings. The van der Waals surface area contributed by atoms with Crippen molar-refractivity contribution >= 4 is 5.78 Å². The highest BCUT2D eigenvalue weighted by Gasteiger charge is 2.32. The molecule has 0 spiro atoms. The van der Waals surface area contributed by atoms with Crippen LogP contribution in [0.1, 0.15) is 5.69 Å². The molecule has 8 heteroatoms. The molecule has 4 aromatic rings. The standard InChI is InChI=1S/C16H10F3N5/c17-16(18,19)13-5-8-24-12(10-21-15(24)22-13)11-3-4-14(20-9-11)23-6-1-2-7-23/h1-10H. The Hall–Kier alpha value is -3.16. The summed E-state index contributed by atoms with van der Waals surface area (Å²) in [5, 5.41) is 0. The molecule has 120 valence electrons. The van der Waals surface area contributed by atoms with Crippen molar-refractivity contribution in [1.82, 2.24) is 23.9 Å². The van der Waals surface area contributed by atoms with Crippen LogP contribution in [0.5, 0.6) is 0 Å². The third-order valence-electron chi connectivity index (χ3n) is 3.58. The van der Waals surface area contributed by atoms with Crippen molar-refractivity contribution in [2.45, 2.75) is 6.18 Å². The fraction of sp³-hybridized carbons (Fsp3) is 0.0625. The molecular formula is C16H10F3N5. The average Bonchev–Trinajstić information content (AvgIpc) is 3.23. The Morgan fingerprint density at radius 2 is 1.67 bits per heavy atom. The molecule has 0 bridgehead atoms. The summed E-state index contributed by atoms with van der Waals surface area (Å²) in [5.74, 6) is 0.740. The van der Waals surface area contributed by atoms with Gasteiger partial charge in [-0.2, -0.15) is 13.2 Å². The molecule has 24 heavy (non-hydrogen) atoms. The summed E-state index contributed by atoms with van der Waals surface area (Å²) >= 11 is 0. The molecule has 0 unspecified atom stereocenters. The smallest absolute Gasteiger partial charge is 0.309 e. The molecule has 0 radical (unpaired) electrons. The summed E-state index contributed by atoms with van der Waals surface area (Å²) in [7, 11) is 0. The number of hydrogen-bond acceptors (Lipinski definition) is 3. The van der Waals surface area contributed by atoms with Crippen LogP contribution in [-0.2, 0) is 6.18 Å². The number of hydrogen-bond donors (Lipinski definition) is 0. The maximum atomic E-state index is 12.7. The van der Waals surface area contributed by atoms with E-state index in [1.165, 1.54) is 16.8 Å². The summed E-state index contributed by atoms with van der Waals surface area (Å²) in [6.07, 6.45) is 3.70. The second-order valence-corrected chi connectivity index (χ2v) is 5.12. The highest BCUT2D eigenvalue weighted by Crippen LogP contribution is 2.28. The number of imidazole rings is 1. The van der Waals surface area contributed by atoms with Crippen molar-refractivity contribution < 1.29 is 13.2 Å². The Morgan fingerprint density at radius 1 is 0.875 bits per heavy atom. The van der Waals surface area contributed by atoms with Gasteiger partial charge in [0, 0.05) is 30.4 Å². The van der Waals surface area contributed by atoms with Crippen LogP contribution >= 0.6 is 0 Å². The van der Waals surface area contributed by atoms with Crippen LogP contribution in [-0.4, -0.2) is 23.9 Å². The fourth-order valence-electron chi connectivity index (χ4n) is 2.42. The molecule has 0 amide bonds. The molecule has 4 aromatic heterocycles. The van der Waals surface area contributed by atoms with Crippen LogP contribution in [0.3, 0.4) is 0 Å². The van der Waals surface area contributed by atoms with E-state index in [1.807, 2.05) is 41.2 Å². The quantitative estimate of drug-likeness (QED) is 0.564. The summed E-state index contributed by atoms with van der Waals surface area (Å²) in [6, 6.07) is 8.38. The Bertz CT molecular complexity index is 985. The van der Waals surface area contributed by atoms with Crippen molar-refractivity contribution in [3.63, 3.8) is 0 Å². The van der Waals surface area contributed by atoms with Crippen molar-refractivity contribution in [3.8, 4) is 17.1 Å². The Labute approximate surface area is 134 Å². The molecule has 0 N–H and O–H groups in total. The molecule has 0 aliphatic heterocycles. The number of fused-ring (bicyclic) bond motifs is 1. The minimum absolute atomic E-state index is 0.00527. The molecule has 4 rings (SSSR count). The number of alkyl halides is 3. The van der Waals surface area contributed by atoms with Gasteiger partial charge in [0.15, 0.2) is 0 Å². The molecule has 0 saturated carbocycles. The molecule has 0 aliphatic carbocycles. The van der Waals surface area contributed by atoms with Gasteiger partial charge < -0.3 is 4.57 Å². The lowest BCUT2D eigenvalue weighted by molar-refractivity contribution is -0.141. The first kappa shape index (κ1) is 14.4. The van der Waals surface area contributed by atoms with Gasteiger partial charge >= 0.3 is 6.18 Å². The van der Waals surface area contributed by atoms with E-state index in [4.69, 9.17) is 0 Å². The minimum atomic E-state index is -4.49. The van der Waals surface area contributed by atoms with Gasteiger partial charge in [0.1, 0.15) is 11.5 Å². The predicted molar refractivity (Wildman–Crippen MR) is 80.5 cm³/mol. The summed E-state index contributed by atoms with van der Waals surface area (Å²) in [6.45, 7) is 0. The van der Waals surface area contributed by atoms with E-state index in [2.05, 4.69) is 15.0 Å². The lowest BCUT2D eigenvalue weighted by atomic mass is 10.2. The monoisotopic (exact) mass is 329 g/mol. The average molecular weight is 329 g/mol. The van der Waals surface area contributed by atoms with Gasteiger partial charge in [-0.05, 0) is 30.3 Å². The second kappa shape index (κ2) is 5.19. The minimum Gasteiger partial charge on any atom is -0.309 e. The van der Waals surface area contributed by atoms with Crippen LogP contribution in [0.4, 0.5) is 13.2 Å². The molecule has 5 nitrogen and oxygen atoms in total. The first-order chi connectivity index (χ1) is 11.5. The van der Waals surface area contributed by atoms with E-state index in [9.17, 15) is 13.2 Å². The zero-order valence-corrected chi connectivity index (χ0v) is 12.1. The Balaban J connectivity index is 1.74. The fourth-order valence-corrected chi connectivity index (χ4v) is 2.42. The maximum absolute atomic E-state index is 12.7. The predicted octanol–water partition coefficient (Wildman–Crippen LogP) is 3.60. The van der Waals surface area contributed by atoms with Gasteiger partial charge in [-0.25, -0.2) is 15.0 Å². The lowest BCUT2D eigenvalue weighted by Crippen LogP contribution is -2.09. The molecule has 0 saturated heterocycles. The van der Waals surface area contributed by atoms with Gasteiger partial charge in [0.2, 0.25) is 5.78 Å². The topological polar surface area (TPSA) is 48.0 Å². The molecule has 0 fully saturated rings. The van der Waals surface area contributed by atoms with Crippen molar-refractivity contribution in [2.75, 3.05) is 0 Å². The van der Waals surface area contributed by atoms with Gasteiger partial charge in [-0.15, -0.1) is 0 Å². The second-order valence-electron chi connectivity index (χ2n) is 5.12. The van der Waals surface area contributed by atoms with Crippen LogP contribution < -0.4 is 0 Å². The zero-order chi connectivity index (χ0) is 16.7. The highest BCUT2D eigenvalue weighted by molar-refractivity contribution is 5.62. The van der Waals surface area contributed by atoms with Crippen LogP contribution in [0.2, 0.25) is 0 Å². The van der Waals surface area contributed by atoms with E-state index >= 15 is 0 Å². The Morgan fingerprint density at radius 3 is 2.33 bits per heavy atom. The van der Waals surface area contributed by atoms with Gasteiger partial charge in [-0.3, -0.25) is 4.40 Å². The number of nitrogens with zero attached hydrogens (tertiary/aromatic N) is 5. The third kappa shape index (κ3) is 2.41. The van der Waals surface area contributed by atoms with Crippen LogP contribution in [0.25, 0.3) is 22.9 Å². The van der Waals surface area contributed by atoms with E-state index < -0.39 is 11.9 Å². The van der Waals surface area contributed by atoms with Gasteiger partial charge in [0.05, 0.1) is 11.9 Å². The molecule has 0 atom stereocenters. The third-order valence-corrected chi connectivity index (χ3v) is 3.58. The first-order valence-corrected chi connectivity index (χ1v) is 7.03. The van der Waals surface area contributed by atoms with E-state index in [1.54, 1.807) is 6.20 Å².